The van der Waals surface area contributed by atoms with Gasteiger partial charge in [-0.1, -0.05) is 50.5 Å². The molecule has 0 fully saturated rings. The second kappa shape index (κ2) is 12.5. The number of carboxylic acid groups (broad SMARTS) is 1. The van der Waals surface area contributed by atoms with E-state index in [0.29, 0.717) is 35.4 Å². The summed E-state index contributed by atoms with van der Waals surface area (Å²) in [5.41, 5.74) is 1.10. The van der Waals surface area contributed by atoms with Gasteiger partial charge in [0.05, 0.1) is 22.9 Å². The minimum atomic E-state index is -1.12. The van der Waals surface area contributed by atoms with Crippen molar-refractivity contribution in [2.45, 2.75) is 58.0 Å². The second-order valence-corrected chi connectivity index (χ2v) is 7.46. The number of benzene rings is 2. The fraction of sp³-hybridized carbons (Fsp3) is 0.375. The van der Waals surface area contributed by atoms with Crippen molar-refractivity contribution in [1.29, 1.82) is 0 Å². The zero-order valence-corrected chi connectivity index (χ0v) is 21.3. The monoisotopic (exact) mass is 447 g/mol. The van der Waals surface area contributed by atoms with E-state index in [1.165, 1.54) is 0 Å². The van der Waals surface area contributed by atoms with Crippen molar-refractivity contribution in [1.82, 2.24) is 0 Å². The van der Waals surface area contributed by atoms with Crippen LogP contribution in [0.1, 0.15) is 72.6 Å². The average Bonchev–Trinajstić information content (AvgIpc) is 3.00. The van der Waals surface area contributed by atoms with E-state index in [4.69, 9.17) is 4.74 Å². The first-order valence-corrected chi connectivity index (χ1v) is 10.5. The molecule has 3 rings (SSSR count). The first-order valence-electron chi connectivity index (χ1n) is 10.5. The molecule has 1 unspecified atom stereocenters. The average molecular weight is 448 g/mol. The van der Waals surface area contributed by atoms with E-state index in [-0.39, 0.29) is 75.7 Å². The number of aliphatic carboxylic acids is 1. The van der Waals surface area contributed by atoms with Gasteiger partial charge < -0.3 is 14.6 Å². The summed E-state index contributed by atoms with van der Waals surface area (Å²) in [5, 5.41) is 11.0. The Hall–Kier alpha value is -1.51. The topological polar surface area (TPSA) is 86.7 Å². The number of nitrogens with zero attached hydrogens (tertiary/aromatic N) is 1. The van der Waals surface area contributed by atoms with Gasteiger partial charge in [0.1, 0.15) is 5.75 Å². The van der Waals surface area contributed by atoms with Crippen LogP contribution in [-0.4, -0.2) is 23.9 Å². The summed E-state index contributed by atoms with van der Waals surface area (Å²) in [6.07, 6.45) is 4.74. The van der Waals surface area contributed by atoms with Crippen LogP contribution >= 0.6 is 0 Å². The number of carbonyl (C=O) groups is 3. The van der Waals surface area contributed by atoms with Gasteiger partial charge >= 0.3 is 51.4 Å². The molecule has 158 valence electrons. The Kier molecular flexibility index (Phi) is 10.4. The standard InChI is InChI=1S/C24H27NO5.K/c1-2-3-4-5-10-17(15-16-22(26)27)30-21-14-9-8-13-20(21)25-23(28)18-11-6-7-12-19(18)24(25)29;/h6-9,11-14,17H,2-5,10,15-16H2,1H3,(H,26,27);/q;+1/p-1. The van der Waals surface area contributed by atoms with E-state index < -0.39 is 5.97 Å². The van der Waals surface area contributed by atoms with Gasteiger partial charge in [0.15, 0.2) is 0 Å². The van der Waals surface area contributed by atoms with E-state index in [1.807, 2.05) is 0 Å². The van der Waals surface area contributed by atoms with Gasteiger partial charge in [-0.25, -0.2) is 4.90 Å². The molecule has 0 saturated heterocycles. The normalized spacial score (nSPS) is 13.5. The summed E-state index contributed by atoms with van der Waals surface area (Å²) in [6, 6.07) is 13.6. The van der Waals surface area contributed by atoms with Crippen LogP contribution in [0.4, 0.5) is 5.69 Å². The number of carboxylic acids is 1. The molecule has 1 heterocycles. The molecule has 31 heavy (non-hydrogen) atoms. The Morgan fingerprint density at radius 2 is 1.55 bits per heavy atom. The number of amides is 2. The molecule has 1 aliphatic rings. The molecule has 0 aliphatic carbocycles. The van der Waals surface area contributed by atoms with Gasteiger partial charge in [-0.05, 0) is 49.9 Å². The summed E-state index contributed by atoms with van der Waals surface area (Å²) < 4.78 is 6.15. The maximum absolute atomic E-state index is 12.9. The van der Waals surface area contributed by atoms with E-state index >= 15 is 0 Å². The van der Waals surface area contributed by atoms with Crippen LogP contribution < -0.4 is 66.1 Å². The quantitative estimate of drug-likeness (QED) is 0.288. The number of fused-ring (bicyclic) bond motifs is 1. The van der Waals surface area contributed by atoms with Crippen LogP contribution in [0.2, 0.25) is 0 Å². The first kappa shape index (κ1) is 25.7. The minimum Gasteiger partial charge on any atom is -0.550 e. The van der Waals surface area contributed by atoms with E-state index in [1.54, 1.807) is 48.5 Å². The van der Waals surface area contributed by atoms with Gasteiger partial charge in [0.25, 0.3) is 11.8 Å². The smallest absolute Gasteiger partial charge is 0.550 e. The van der Waals surface area contributed by atoms with Crippen molar-refractivity contribution in [3.8, 4) is 5.75 Å². The molecule has 0 radical (unpaired) electrons. The third kappa shape index (κ3) is 6.49. The molecule has 0 N–H and O–H groups in total. The van der Waals surface area contributed by atoms with Crippen LogP contribution in [0.5, 0.6) is 5.75 Å². The number of ether oxygens (including phenoxy) is 1. The number of carbonyl (C=O) groups excluding carboxylic acids is 3. The molecule has 0 bridgehead atoms. The molecular formula is C24H26KNO5. The Morgan fingerprint density at radius 3 is 2.16 bits per heavy atom. The molecule has 0 spiro atoms. The molecule has 2 aromatic rings. The van der Waals surface area contributed by atoms with E-state index in [9.17, 15) is 19.5 Å². The van der Waals surface area contributed by atoms with Crippen LogP contribution in [0.3, 0.4) is 0 Å². The van der Waals surface area contributed by atoms with Crippen molar-refractivity contribution in [3.63, 3.8) is 0 Å². The Balaban J connectivity index is 0.00000341. The molecule has 2 amide bonds. The van der Waals surface area contributed by atoms with E-state index in [2.05, 4.69) is 6.92 Å². The summed E-state index contributed by atoms with van der Waals surface area (Å²) in [4.78, 5) is 37.8. The molecule has 0 saturated carbocycles. The van der Waals surface area contributed by atoms with Gasteiger partial charge in [0.2, 0.25) is 0 Å². The van der Waals surface area contributed by atoms with Crippen molar-refractivity contribution in [2.75, 3.05) is 4.90 Å². The maximum Gasteiger partial charge on any atom is 1.00 e. The zero-order valence-electron chi connectivity index (χ0n) is 18.1. The van der Waals surface area contributed by atoms with Gasteiger partial charge in [-0.15, -0.1) is 0 Å². The summed E-state index contributed by atoms with van der Waals surface area (Å²) in [6.45, 7) is 2.13. The molecule has 1 atom stereocenters. The van der Waals surface area contributed by atoms with Crippen LogP contribution in [0.25, 0.3) is 0 Å². The van der Waals surface area contributed by atoms with Crippen molar-refractivity contribution >= 4 is 23.5 Å². The molecule has 0 aromatic heterocycles. The third-order valence-electron chi connectivity index (χ3n) is 5.24. The Labute approximate surface area is 225 Å². The Bertz CT molecular complexity index is 895. The minimum absolute atomic E-state index is 0. The predicted molar refractivity (Wildman–Crippen MR) is 111 cm³/mol. The number of unbranched alkanes of at least 4 members (excludes halogenated alkanes) is 3. The number of hydrogen-bond acceptors (Lipinski definition) is 5. The van der Waals surface area contributed by atoms with Gasteiger partial charge in [-0.2, -0.15) is 0 Å². The predicted octanol–water partition coefficient (Wildman–Crippen LogP) is 0.739. The SMILES string of the molecule is CCCCCCC(CCC(=O)[O-])Oc1ccccc1N1C(=O)c2ccccc2C1=O.[K+]. The second-order valence-electron chi connectivity index (χ2n) is 7.46. The summed E-state index contributed by atoms with van der Waals surface area (Å²) >= 11 is 0. The molecule has 2 aromatic carbocycles. The van der Waals surface area contributed by atoms with E-state index in [0.717, 1.165) is 30.6 Å². The largest absolute Gasteiger partial charge is 1.00 e. The Morgan fingerprint density at radius 1 is 0.935 bits per heavy atom. The third-order valence-corrected chi connectivity index (χ3v) is 5.24. The number of anilines is 1. The van der Waals surface area contributed by atoms with Gasteiger partial charge in [-0.3, -0.25) is 9.59 Å². The van der Waals surface area contributed by atoms with Crippen molar-refractivity contribution in [2.24, 2.45) is 0 Å². The summed E-state index contributed by atoms with van der Waals surface area (Å²) in [5.74, 6) is -1.50. The number of imide groups is 1. The van der Waals surface area contributed by atoms with Crippen LogP contribution in [0.15, 0.2) is 48.5 Å². The molecule has 1 aliphatic heterocycles. The van der Waals surface area contributed by atoms with Gasteiger partial charge in [0, 0.05) is 5.97 Å². The summed E-state index contributed by atoms with van der Waals surface area (Å²) in [7, 11) is 0. The molecular weight excluding hydrogens is 421 g/mol. The maximum atomic E-state index is 12.9. The molecule has 6 nitrogen and oxygen atoms in total. The van der Waals surface area contributed by atoms with Crippen molar-refractivity contribution in [3.05, 3.63) is 59.7 Å². The molecule has 7 heteroatoms. The number of hydrogen-bond donors (Lipinski definition) is 0. The van der Waals surface area contributed by atoms with Crippen LogP contribution in [0, 0.1) is 0 Å². The number of rotatable bonds is 11. The fourth-order valence-electron chi connectivity index (χ4n) is 3.67. The number of para-hydroxylation sites is 2. The first-order chi connectivity index (χ1) is 14.5. The zero-order chi connectivity index (χ0) is 21.5. The van der Waals surface area contributed by atoms with Crippen LogP contribution in [-0.2, 0) is 4.79 Å². The van der Waals surface area contributed by atoms with Crippen molar-refractivity contribution < 1.29 is 75.6 Å². The fourth-order valence-corrected chi connectivity index (χ4v) is 3.67.